The first-order valence-electron chi connectivity index (χ1n) is 9.12. The summed E-state index contributed by atoms with van der Waals surface area (Å²) in [6, 6.07) is 1.22. The van der Waals surface area contributed by atoms with Gasteiger partial charge in [0.1, 0.15) is 35.8 Å². The fraction of sp³-hybridized carbons (Fsp3) is 0.714. The minimum absolute atomic E-state index is 0.106. The Bertz CT molecular complexity index is 973. The number of hydrogen-bond donors (Lipinski definition) is 8. The van der Waals surface area contributed by atoms with Gasteiger partial charge in [-0.2, -0.15) is 9.29 Å². The van der Waals surface area contributed by atoms with Crippen LogP contribution >= 0.6 is 15.6 Å². The molecule has 17 nitrogen and oxygen atoms in total. The van der Waals surface area contributed by atoms with Gasteiger partial charge in [0.2, 0.25) is 0 Å². The van der Waals surface area contributed by atoms with E-state index in [0.29, 0.717) is 0 Å². The zero-order valence-corrected chi connectivity index (χ0v) is 18.8. The summed E-state index contributed by atoms with van der Waals surface area (Å²) in [7, 11) is -10.6. The molecule has 19 heteroatoms. The van der Waals surface area contributed by atoms with Crippen molar-refractivity contribution in [2.45, 2.75) is 43.2 Å². The van der Waals surface area contributed by atoms with Crippen LogP contribution in [0, 0.1) is 0 Å². The van der Waals surface area contributed by atoms with Crippen molar-refractivity contribution in [1.29, 1.82) is 0 Å². The van der Waals surface area contributed by atoms with Gasteiger partial charge in [-0.3, -0.25) is 13.6 Å². The fourth-order valence-electron chi connectivity index (χ4n) is 2.51. The average Bonchev–Trinajstić information content (AvgIpc) is 2.98. The van der Waals surface area contributed by atoms with Crippen LogP contribution in [0.4, 0.5) is 5.82 Å². The first-order chi connectivity index (χ1) is 15.1. The summed E-state index contributed by atoms with van der Waals surface area (Å²) in [5, 5.41) is 48.3. The highest BCUT2D eigenvalue weighted by atomic mass is 31.3. The molecule has 1 aromatic rings. The lowest BCUT2D eigenvalue weighted by Gasteiger charge is -2.27. The van der Waals surface area contributed by atoms with Crippen LogP contribution in [0.2, 0.25) is 0 Å². The van der Waals surface area contributed by atoms with Gasteiger partial charge in [-0.15, -0.1) is 0 Å². The molecule has 1 fully saturated rings. The molecule has 1 aliphatic rings. The predicted octanol–water partition coefficient (Wildman–Crippen LogP) is -3.20. The summed E-state index contributed by atoms with van der Waals surface area (Å²) in [6.45, 7) is -1.94. The minimum Gasteiger partial charge on any atom is -0.393 e. The van der Waals surface area contributed by atoms with Gasteiger partial charge < -0.3 is 45.8 Å². The molecule has 1 aromatic heterocycles. The first-order valence-corrected chi connectivity index (χ1v) is 12.1. The molecule has 0 spiro atoms. The maximum Gasteiger partial charge on any atom is 0.481 e. The van der Waals surface area contributed by atoms with E-state index in [2.05, 4.69) is 18.3 Å². The van der Waals surface area contributed by atoms with Crippen LogP contribution in [-0.2, 0) is 27.2 Å². The number of rotatable bonds is 11. The molecule has 8 atom stereocenters. The van der Waals surface area contributed by atoms with E-state index in [9.17, 15) is 44.1 Å². The molecule has 0 aromatic carbocycles. The molecule has 2 heterocycles. The Morgan fingerprint density at radius 2 is 1.88 bits per heavy atom. The Kier molecular flexibility index (Phi) is 8.92. The lowest BCUT2D eigenvalue weighted by molar-refractivity contribution is -0.107. The van der Waals surface area contributed by atoms with Gasteiger partial charge in [0, 0.05) is 6.20 Å². The van der Waals surface area contributed by atoms with E-state index in [-0.39, 0.29) is 5.82 Å². The topological polar surface area (TPSA) is 274 Å². The van der Waals surface area contributed by atoms with E-state index in [1.807, 2.05) is 0 Å². The smallest absolute Gasteiger partial charge is 0.393 e. The molecule has 0 aliphatic carbocycles. The van der Waals surface area contributed by atoms with Crippen molar-refractivity contribution in [1.82, 2.24) is 9.55 Å². The van der Waals surface area contributed by atoms with E-state index < -0.39 is 77.4 Å². The number of phosphoric ester groups is 2. The number of hydrogen-bond acceptors (Lipinski definition) is 14. The predicted molar refractivity (Wildman–Crippen MR) is 105 cm³/mol. The molecule has 190 valence electrons. The molecule has 33 heavy (non-hydrogen) atoms. The van der Waals surface area contributed by atoms with Crippen LogP contribution in [0.3, 0.4) is 0 Å². The minimum atomic E-state index is -5.33. The average molecular weight is 524 g/mol. The van der Waals surface area contributed by atoms with Crippen molar-refractivity contribution >= 4 is 21.5 Å². The zero-order valence-electron chi connectivity index (χ0n) is 17.0. The third-order valence-corrected chi connectivity index (χ3v) is 7.11. The van der Waals surface area contributed by atoms with Gasteiger partial charge >= 0.3 is 21.3 Å². The van der Waals surface area contributed by atoms with Crippen LogP contribution in [0.25, 0.3) is 0 Å². The highest BCUT2D eigenvalue weighted by Crippen LogP contribution is 2.60. The number of aliphatic hydroxyl groups is 5. The second-order valence-corrected chi connectivity index (χ2v) is 10.3. The van der Waals surface area contributed by atoms with Gasteiger partial charge in [-0.1, -0.05) is 0 Å². The van der Waals surface area contributed by atoms with Gasteiger partial charge in [0.05, 0.1) is 19.8 Å². The highest BCUT2D eigenvalue weighted by Gasteiger charge is 2.46. The first kappa shape index (κ1) is 27.9. The molecule has 0 amide bonds. The fourth-order valence-corrected chi connectivity index (χ4v) is 4.60. The summed E-state index contributed by atoms with van der Waals surface area (Å²) in [4.78, 5) is 34.5. The number of aromatic nitrogens is 2. The monoisotopic (exact) mass is 524 g/mol. The Labute approximate surface area is 185 Å². The Morgan fingerprint density at radius 3 is 2.45 bits per heavy atom. The highest BCUT2D eigenvalue weighted by molar-refractivity contribution is 7.61. The normalized spacial score (nSPS) is 29.7. The van der Waals surface area contributed by atoms with Gasteiger partial charge in [0.25, 0.3) is 0 Å². The van der Waals surface area contributed by atoms with Crippen molar-refractivity contribution in [2.75, 3.05) is 25.6 Å². The largest absolute Gasteiger partial charge is 0.481 e. The summed E-state index contributed by atoms with van der Waals surface area (Å²) < 4.78 is 42.7. The Hall–Kier alpha value is -1.30. The van der Waals surface area contributed by atoms with Crippen molar-refractivity contribution in [3.63, 3.8) is 0 Å². The van der Waals surface area contributed by atoms with Gasteiger partial charge in [-0.05, 0) is 13.0 Å². The molecule has 2 unspecified atom stereocenters. The Balaban J connectivity index is 1.96. The quantitative estimate of drug-likeness (QED) is 0.104. The summed E-state index contributed by atoms with van der Waals surface area (Å²) in [5.41, 5.74) is 2.35. The molecule has 0 bridgehead atoms. The number of aliphatic hydroxyl groups excluding tert-OH is 4. The number of phosphoric acid groups is 2. The van der Waals surface area contributed by atoms with Crippen molar-refractivity contribution in [3.05, 3.63) is 22.7 Å². The summed E-state index contributed by atoms with van der Waals surface area (Å²) >= 11 is 0. The van der Waals surface area contributed by atoms with Crippen molar-refractivity contribution < 1.29 is 62.5 Å². The molecular formula is C14H25N3O14P2. The van der Waals surface area contributed by atoms with E-state index in [1.165, 1.54) is 6.07 Å². The van der Waals surface area contributed by atoms with E-state index in [0.717, 1.165) is 17.7 Å². The second kappa shape index (κ2) is 10.5. The lowest BCUT2D eigenvalue weighted by Crippen LogP contribution is -2.45. The van der Waals surface area contributed by atoms with Crippen LogP contribution in [0.15, 0.2) is 17.1 Å². The number of nitrogens with two attached hydrogens (primary N) is 1. The number of nitrogens with zero attached hydrogens (tertiary/aromatic N) is 2. The van der Waals surface area contributed by atoms with Crippen LogP contribution in [-0.4, -0.2) is 94.7 Å². The van der Waals surface area contributed by atoms with Gasteiger partial charge in [-0.25, -0.2) is 13.9 Å². The maximum atomic E-state index is 12.0. The van der Waals surface area contributed by atoms with Crippen LogP contribution in [0.5, 0.6) is 0 Å². The summed E-state index contributed by atoms with van der Waals surface area (Å²) in [6.07, 6.45) is -7.07. The molecule has 0 saturated carbocycles. The Morgan fingerprint density at radius 1 is 1.27 bits per heavy atom. The number of ether oxygens (including phenoxy) is 1. The van der Waals surface area contributed by atoms with Crippen LogP contribution in [0.1, 0.15) is 13.2 Å². The molecule has 1 aliphatic heterocycles. The lowest BCUT2D eigenvalue weighted by atomic mass is 10.1. The standard InChI is InChI=1S/C14H25N3O14P2/c1-14(23,6-18)8(19)5-29-33(26,27)31-32(24,25)28-4-7-10(20)11(21)12(30-7)17-3-2-9(15)16-13(17)22/h2-3,7-8,10-12,18-21,23H,4-6H2,1H3,(H,24,25)(H,26,27)(H2,15,16,22)/t7-,8+,10-,11-,12-,14+/m1/s1/i5+1,6+1,8+1. The zero-order chi connectivity index (χ0) is 25.2. The maximum absolute atomic E-state index is 12.0. The van der Waals surface area contributed by atoms with Crippen LogP contribution < -0.4 is 11.4 Å². The summed E-state index contributed by atoms with van der Waals surface area (Å²) in [5.74, 6) is -0.106. The number of nitrogen functional groups attached to an aromatic ring is 1. The van der Waals surface area contributed by atoms with E-state index >= 15 is 0 Å². The third-order valence-electron chi connectivity index (χ3n) is 4.50. The SMILES string of the molecule is C[C@](O)([13CH2]O)[13C@@H](O)[13CH2]OP(=O)(O)OP(=O)(O)OC[C@H]1O[C@@H](n2ccc(N)nc2=O)[C@H](O)[C@@H]1O. The van der Waals surface area contributed by atoms with E-state index in [1.54, 1.807) is 0 Å². The van der Waals surface area contributed by atoms with E-state index in [4.69, 9.17) is 15.6 Å². The molecule has 0 radical (unpaired) electrons. The molecular weight excluding hydrogens is 499 g/mol. The third kappa shape index (κ3) is 7.34. The van der Waals surface area contributed by atoms with Crippen molar-refractivity contribution in [2.24, 2.45) is 0 Å². The molecule has 2 rings (SSSR count). The van der Waals surface area contributed by atoms with Crippen molar-refractivity contribution in [3.8, 4) is 0 Å². The molecule has 9 N–H and O–H groups in total. The number of anilines is 1. The second-order valence-electron chi connectivity index (χ2n) is 7.23. The van der Waals surface area contributed by atoms with Gasteiger partial charge in [0.15, 0.2) is 6.23 Å². The molecule has 1 saturated heterocycles.